The maximum Gasteiger partial charge on any atom is 0.417 e. The number of halogens is 3. The molecule has 3 nitrogen and oxygen atoms in total. The van der Waals surface area contributed by atoms with Crippen molar-refractivity contribution in [2.24, 2.45) is 0 Å². The molecular formula is C14H18F3NO2. The second kappa shape index (κ2) is 6.63. The average molecular weight is 289 g/mol. The van der Waals surface area contributed by atoms with Gasteiger partial charge in [-0.05, 0) is 31.0 Å². The Labute approximate surface area is 115 Å². The SMILES string of the molecule is CCCC(CC)Nc1ccc(C(=O)O)c(C(F)(F)F)c1. The van der Waals surface area contributed by atoms with Gasteiger partial charge >= 0.3 is 12.1 Å². The Kier molecular flexibility index (Phi) is 5.42. The molecule has 2 N–H and O–H groups in total. The monoisotopic (exact) mass is 289 g/mol. The fraction of sp³-hybridized carbons (Fsp3) is 0.500. The second-order valence-corrected chi connectivity index (χ2v) is 4.60. The van der Waals surface area contributed by atoms with Crippen molar-refractivity contribution in [1.29, 1.82) is 0 Å². The summed E-state index contributed by atoms with van der Waals surface area (Å²) in [6.07, 6.45) is -2.13. The summed E-state index contributed by atoms with van der Waals surface area (Å²) in [5, 5.41) is 11.8. The minimum absolute atomic E-state index is 0.0803. The maximum atomic E-state index is 12.9. The van der Waals surface area contributed by atoms with Gasteiger partial charge in [0.15, 0.2) is 0 Å². The van der Waals surface area contributed by atoms with Crippen LogP contribution in [0.1, 0.15) is 49.0 Å². The predicted octanol–water partition coefficient (Wildman–Crippen LogP) is 4.39. The lowest BCUT2D eigenvalue weighted by Crippen LogP contribution is -2.19. The largest absolute Gasteiger partial charge is 0.478 e. The van der Waals surface area contributed by atoms with Crippen LogP contribution >= 0.6 is 0 Å². The molecule has 0 heterocycles. The fourth-order valence-corrected chi connectivity index (χ4v) is 2.02. The number of carboxylic acids is 1. The van der Waals surface area contributed by atoms with Crippen LogP contribution in [0.25, 0.3) is 0 Å². The van der Waals surface area contributed by atoms with E-state index in [0.29, 0.717) is 5.69 Å². The molecule has 112 valence electrons. The lowest BCUT2D eigenvalue weighted by Gasteiger charge is -2.19. The van der Waals surface area contributed by atoms with E-state index in [9.17, 15) is 18.0 Å². The average Bonchev–Trinajstić information content (AvgIpc) is 2.36. The lowest BCUT2D eigenvalue weighted by molar-refractivity contribution is -0.138. The van der Waals surface area contributed by atoms with Gasteiger partial charge in [-0.2, -0.15) is 13.2 Å². The van der Waals surface area contributed by atoms with E-state index >= 15 is 0 Å². The van der Waals surface area contributed by atoms with Gasteiger partial charge < -0.3 is 10.4 Å². The van der Waals surface area contributed by atoms with Gasteiger partial charge in [0.2, 0.25) is 0 Å². The van der Waals surface area contributed by atoms with Gasteiger partial charge in [-0.1, -0.05) is 20.3 Å². The zero-order valence-electron chi connectivity index (χ0n) is 11.4. The van der Waals surface area contributed by atoms with Crippen molar-refractivity contribution in [2.45, 2.75) is 45.3 Å². The van der Waals surface area contributed by atoms with Crippen molar-refractivity contribution in [1.82, 2.24) is 0 Å². The third-order valence-corrected chi connectivity index (χ3v) is 3.06. The summed E-state index contributed by atoms with van der Waals surface area (Å²) in [7, 11) is 0. The van der Waals surface area contributed by atoms with Gasteiger partial charge in [0.25, 0.3) is 0 Å². The Morgan fingerprint density at radius 3 is 2.45 bits per heavy atom. The number of alkyl halides is 3. The summed E-state index contributed by atoms with van der Waals surface area (Å²) in [5.41, 5.74) is -1.56. The van der Waals surface area contributed by atoms with Gasteiger partial charge in [-0.25, -0.2) is 4.79 Å². The third kappa shape index (κ3) is 4.15. The lowest BCUT2D eigenvalue weighted by atomic mass is 10.0. The van der Waals surface area contributed by atoms with Gasteiger partial charge in [0.05, 0.1) is 11.1 Å². The standard InChI is InChI=1S/C14H18F3NO2/c1-3-5-9(4-2)18-10-6-7-11(13(19)20)12(8-10)14(15,16)17/h6-9,18H,3-5H2,1-2H3,(H,19,20). The molecule has 0 saturated carbocycles. The normalized spacial score (nSPS) is 13.1. The van der Waals surface area contributed by atoms with E-state index in [2.05, 4.69) is 5.32 Å². The number of hydrogen-bond donors (Lipinski definition) is 2. The van der Waals surface area contributed by atoms with Crippen molar-refractivity contribution in [3.05, 3.63) is 29.3 Å². The minimum Gasteiger partial charge on any atom is -0.478 e. The first kappa shape index (κ1) is 16.3. The molecule has 0 spiro atoms. The number of nitrogens with one attached hydrogen (secondary N) is 1. The van der Waals surface area contributed by atoms with Crippen LogP contribution in [-0.4, -0.2) is 17.1 Å². The molecule has 0 fully saturated rings. The van der Waals surface area contributed by atoms with E-state index < -0.39 is 23.3 Å². The van der Waals surface area contributed by atoms with Crippen LogP contribution in [0.3, 0.4) is 0 Å². The van der Waals surface area contributed by atoms with Crippen molar-refractivity contribution in [3.8, 4) is 0 Å². The first-order valence-corrected chi connectivity index (χ1v) is 6.50. The molecule has 1 atom stereocenters. The van der Waals surface area contributed by atoms with Crippen molar-refractivity contribution >= 4 is 11.7 Å². The Bertz CT molecular complexity index is 472. The number of anilines is 1. The Morgan fingerprint density at radius 1 is 1.35 bits per heavy atom. The van der Waals surface area contributed by atoms with Crippen LogP contribution in [0, 0.1) is 0 Å². The summed E-state index contributed by atoms with van der Waals surface area (Å²) < 4.78 is 38.6. The molecule has 1 aromatic carbocycles. The maximum absolute atomic E-state index is 12.9. The van der Waals surface area contributed by atoms with E-state index in [1.807, 2.05) is 13.8 Å². The molecule has 0 amide bonds. The molecule has 0 aliphatic carbocycles. The highest BCUT2D eigenvalue weighted by Gasteiger charge is 2.35. The van der Waals surface area contributed by atoms with Gasteiger partial charge in [-0.3, -0.25) is 0 Å². The molecule has 0 aliphatic rings. The number of aromatic carboxylic acids is 1. The molecule has 0 saturated heterocycles. The number of hydrogen-bond acceptors (Lipinski definition) is 2. The van der Waals surface area contributed by atoms with Crippen molar-refractivity contribution < 1.29 is 23.1 Å². The highest BCUT2D eigenvalue weighted by Crippen LogP contribution is 2.34. The summed E-state index contributed by atoms with van der Waals surface area (Å²) >= 11 is 0. The van der Waals surface area contributed by atoms with Gasteiger partial charge in [-0.15, -0.1) is 0 Å². The topological polar surface area (TPSA) is 49.3 Å². The van der Waals surface area contributed by atoms with E-state index in [4.69, 9.17) is 5.11 Å². The first-order valence-electron chi connectivity index (χ1n) is 6.50. The Morgan fingerprint density at radius 2 is 2.00 bits per heavy atom. The zero-order chi connectivity index (χ0) is 15.3. The Balaban J connectivity index is 3.10. The van der Waals surface area contributed by atoms with Crippen molar-refractivity contribution in [2.75, 3.05) is 5.32 Å². The zero-order valence-corrected chi connectivity index (χ0v) is 11.4. The molecule has 1 rings (SSSR count). The van der Waals surface area contributed by atoms with E-state index in [1.54, 1.807) is 0 Å². The first-order chi connectivity index (χ1) is 9.29. The highest BCUT2D eigenvalue weighted by molar-refractivity contribution is 5.90. The molecule has 0 bridgehead atoms. The van der Waals surface area contributed by atoms with E-state index in [0.717, 1.165) is 31.4 Å². The van der Waals surface area contributed by atoms with Crippen LogP contribution in [-0.2, 0) is 6.18 Å². The molecule has 0 radical (unpaired) electrons. The molecule has 1 unspecified atom stereocenters. The fourth-order valence-electron chi connectivity index (χ4n) is 2.02. The third-order valence-electron chi connectivity index (χ3n) is 3.06. The number of carbonyl (C=O) groups is 1. The van der Waals surface area contributed by atoms with Gasteiger partial charge in [0.1, 0.15) is 0 Å². The number of carboxylic acid groups (broad SMARTS) is 1. The van der Waals surface area contributed by atoms with Crippen LogP contribution < -0.4 is 5.32 Å². The molecule has 0 aliphatic heterocycles. The predicted molar refractivity (Wildman–Crippen MR) is 71.0 cm³/mol. The highest BCUT2D eigenvalue weighted by atomic mass is 19.4. The number of benzene rings is 1. The minimum atomic E-state index is -4.68. The quantitative estimate of drug-likeness (QED) is 0.816. The molecule has 1 aromatic rings. The van der Waals surface area contributed by atoms with Crippen LogP contribution in [0.5, 0.6) is 0 Å². The van der Waals surface area contributed by atoms with E-state index in [1.165, 1.54) is 6.07 Å². The summed E-state index contributed by atoms with van der Waals surface area (Å²) in [5.74, 6) is -1.58. The van der Waals surface area contributed by atoms with Crippen LogP contribution in [0.2, 0.25) is 0 Å². The van der Waals surface area contributed by atoms with Crippen molar-refractivity contribution in [3.63, 3.8) is 0 Å². The smallest absolute Gasteiger partial charge is 0.417 e. The number of rotatable bonds is 6. The molecule has 20 heavy (non-hydrogen) atoms. The van der Waals surface area contributed by atoms with E-state index in [-0.39, 0.29) is 6.04 Å². The van der Waals surface area contributed by atoms with Crippen LogP contribution in [0.4, 0.5) is 18.9 Å². The summed E-state index contributed by atoms with van der Waals surface area (Å²) in [6.45, 7) is 3.95. The molecular weight excluding hydrogens is 271 g/mol. The second-order valence-electron chi connectivity index (χ2n) is 4.60. The summed E-state index contributed by atoms with van der Waals surface area (Å²) in [4.78, 5) is 10.8. The van der Waals surface area contributed by atoms with Gasteiger partial charge in [0, 0.05) is 11.7 Å². The molecule has 0 aromatic heterocycles. The Hall–Kier alpha value is -1.72. The summed E-state index contributed by atoms with van der Waals surface area (Å²) in [6, 6.07) is 3.31. The molecule has 6 heteroatoms. The van der Waals surface area contributed by atoms with Crippen LogP contribution in [0.15, 0.2) is 18.2 Å².